The lowest BCUT2D eigenvalue weighted by Gasteiger charge is -2.36. The average Bonchev–Trinajstić information content (AvgIpc) is 3.04. The van der Waals surface area contributed by atoms with Crippen LogP contribution in [0.2, 0.25) is 0 Å². The molecule has 2 N–H and O–H groups in total. The first-order chi connectivity index (χ1) is 10.3. The molecule has 122 valence electrons. The first kappa shape index (κ1) is 16.4. The summed E-state index contributed by atoms with van der Waals surface area (Å²) in [4.78, 5) is 0. The maximum absolute atomic E-state index is 6.11. The molecule has 0 saturated carbocycles. The van der Waals surface area contributed by atoms with Crippen LogP contribution in [0.5, 0.6) is 0 Å². The molecular weight excluding hydrogens is 297 g/mol. The number of hydrogen-bond acceptors (Lipinski definition) is 5. The van der Waals surface area contributed by atoms with E-state index in [1.165, 1.54) is 0 Å². The van der Waals surface area contributed by atoms with Gasteiger partial charge in [0.15, 0.2) is 0 Å². The van der Waals surface area contributed by atoms with E-state index in [-0.39, 0.29) is 23.9 Å². The van der Waals surface area contributed by atoms with Crippen LogP contribution in [0, 0.1) is 0 Å². The number of thioether (sulfide) groups is 1. The van der Waals surface area contributed by atoms with Gasteiger partial charge in [0.1, 0.15) is 0 Å². The predicted octanol–water partition coefficient (Wildman–Crippen LogP) is 1.36. The van der Waals surface area contributed by atoms with Crippen molar-refractivity contribution in [3.8, 4) is 0 Å². The van der Waals surface area contributed by atoms with Crippen LogP contribution in [0.3, 0.4) is 0 Å². The lowest BCUT2D eigenvalue weighted by atomic mass is 9.81. The fraction of sp³-hybridized carbons (Fsp3) is 0.800. The molecule has 0 spiro atoms. The lowest BCUT2D eigenvalue weighted by Crippen LogP contribution is -2.45. The van der Waals surface area contributed by atoms with Crippen LogP contribution >= 0.6 is 11.8 Å². The molecule has 0 radical (unpaired) electrons. The van der Waals surface area contributed by atoms with Crippen LogP contribution in [-0.4, -0.2) is 46.2 Å². The van der Waals surface area contributed by atoms with E-state index in [9.17, 15) is 0 Å². The lowest BCUT2D eigenvalue weighted by molar-refractivity contribution is 0.00578. The molecule has 2 aliphatic heterocycles. The van der Waals surface area contributed by atoms with Gasteiger partial charge >= 0.3 is 7.12 Å². The third-order valence-corrected chi connectivity index (χ3v) is 6.40. The van der Waals surface area contributed by atoms with E-state index in [4.69, 9.17) is 15.0 Å². The highest BCUT2D eigenvalue weighted by atomic mass is 32.2. The SMILES string of the molecule is CC1(C)OB(c2cnn(C3(CN)CCSCC3)c2)OC1(C)C. The van der Waals surface area contributed by atoms with Crippen molar-refractivity contribution in [3.05, 3.63) is 12.4 Å². The van der Waals surface area contributed by atoms with E-state index in [2.05, 4.69) is 39.0 Å². The molecule has 0 unspecified atom stereocenters. The second-order valence-electron chi connectivity index (χ2n) is 7.35. The highest BCUT2D eigenvalue weighted by molar-refractivity contribution is 7.99. The summed E-state index contributed by atoms with van der Waals surface area (Å²) in [6.45, 7) is 8.89. The fourth-order valence-corrected chi connectivity index (χ4v) is 4.23. The van der Waals surface area contributed by atoms with Crippen LogP contribution in [0.1, 0.15) is 40.5 Å². The minimum atomic E-state index is -0.355. The standard InChI is InChI=1S/C15H26BN3O2S/c1-13(2)14(3,4)21-16(20-13)12-9-18-19(10-12)15(11-17)5-7-22-8-6-15/h9-10H,5-8,11,17H2,1-4H3. The van der Waals surface area contributed by atoms with Gasteiger partial charge in [0.2, 0.25) is 0 Å². The Morgan fingerprint density at radius 1 is 1.23 bits per heavy atom. The Balaban J connectivity index is 1.83. The summed E-state index contributed by atoms with van der Waals surface area (Å²) >= 11 is 1.99. The van der Waals surface area contributed by atoms with Crippen LogP contribution in [-0.2, 0) is 14.8 Å². The van der Waals surface area contributed by atoms with Gasteiger partial charge in [0.25, 0.3) is 0 Å². The number of nitrogens with zero attached hydrogens (tertiary/aromatic N) is 2. The van der Waals surface area contributed by atoms with E-state index in [0.717, 1.165) is 29.8 Å². The van der Waals surface area contributed by atoms with Crippen molar-refractivity contribution in [1.82, 2.24) is 9.78 Å². The Labute approximate surface area is 137 Å². The molecule has 0 aromatic carbocycles. The summed E-state index contributed by atoms with van der Waals surface area (Å²) in [6, 6.07) is 0. The average molecular weight is 323 g/mol. The number of rotatable bonds is 3. The van der Waals surface area contributed by atoms with Gasteiger partial charge in [-0.1, -0.05) is 0 Å². The van der Waals surface area contributed by atoms with Gasteiger partial charge in [-0.3, -0.25) is 4.68 Å². The van der Waals surface area contributed by atoms with Crippen molar-refractivity contribution < 1.29 is 9.31 Å². The molecule has 1 aromatic rings. The molecule has 2 aliphatic rings. The monoisotopic (exact) mass is 323 g/mol. The first-order valence-electron chi connectivity index (χ1n) is 7.98. The zero-order valence-electron chi connectivity index (χ0n) is 14.0. The molecule has 22 heavy (non-hydrogen) atoms. The van der Waals surface area contributed by atoms with E-state index in [0.29, 0.717) is 6.54 Å². The van der Waals surface area contributed by atoms with E-state index in [1.54, 1.807) is 0 Å². The quantitative estimate of drug-likeness (QED) is 0.851. The van der Waals surface area contributed by atoms with E-state index >= 15 is 0 Å². The van der Waals surface area contributed by atoms with Crippen molar-refractivity contribution in [2.45, 2.75) is 57.3 Å². The minimum Gasteiger partial charge on any atom is -0.399 e. The normalized spacial score (nSPS) is 26.3. The third-order valence-electron chi connectivity index (χ3n) is 5.42. The summed E-state index contributed by atoms with van der Waals surface area (Å²) in [7, 11) is -0.355. The maximum Gasteiger partial charge on any atom is 0.498 e. The van der Waals surface area contributed by atoms with Gasteiger partial charge < -0.3 is 15.0 Å². The van der Waals surface area contributed by atoms with Gasteiger partial charge in [-0.2, -0.15) is 16.9 Å². The zero-order chi connectivity index (χ0) is 16.0. The zero-order valence-corrected chi connectivity index (χ0v) is 14.8. The molecule has 0 amide bonds. The molecule has 5 nitrogen and oxygen atoms in total. The number of aromatic nitrogens is 2. The Kier molecular flexibility index (Phi) is 4.13. The Morgan fingerprint density at radius 2 is 1.82 bits per heavy atom. The van der Waals surface area contributed by atoms with Gasteiger partial charge in [-0.05, 0) is 52.0 Å². The van der Waals surface area contributed by atoms with Gasteiger partial charge in [0, 0.05) is 24.4 Å². The second-order valence-corrected chi connectivity index (χ2v) is 8.57. The van der Waals surface area contributed by atoms with Gasteiger partial charge in [-0.25, -0.2) is 0 Å². The first-order valence-corrected chi connectivity index (χ1v) is 9.14. The smallest absolute Gasteiger partial charge is 0.399 e. The number of nitrogens with two attached hydrogens (primary N) is 1. The summed E-state index contributed by atoms with van der Waals surface area (Å²) < 4.78 is 14.3. The topological polar surface area (TPSA) is 62.3 Å². The largest absolute Gasteiger partial charge is 0.498 e. The van der Waals surface area contributed by atoms with Crippen molar-refractivity contribution in [2.24, 2.45) is 5.73 Å². The summed E-state index contributed by atoms with van der Waals surface area (Å²) in [5, 5.41) is 4.59. The molecule has 0 bridgehead atoms. The Bertz CT molecular complexity index is 525. The Morgan fingerprint density at radius 3 is 2.36 bits per heavy atom. The van der Waals surface area contributed by atoms with Crippen molar-refractivity contribution >= 4 is 24.3 Å². The van der Waals surface area contributed by atoms with Crippen LogP contribution < -0.4 is 11.2 Å². The molecule has 0 aliphatic carbocycles. The maximum atomic E-state index is 6.11. The fourth-order valence-electron chi connectivity index (χ4n) is 2.98. The minimum absolute atomic E-state index is 0.0485. The van der Waals surface area contributed by atoms with Crippen LogP contribution in [0.15, 0.2) is 12.4 Å². The second kappa shape index (κ2) is 5.55. The molecular formula is C15H26BN3O2S. The summed E-state index contributed by atoms with van der Waals surface area (Å²) in [6.07, 6.45) is 6.06. The van der Waals surface area contributed by atoms with Crippen molar-refractivity contribution in [2.75, 3.05) is 18.1 Å². The van der Waals surface area contributed by atoms with E-state index in [1.807, 2.05) is 22.6 Å². The van der Waals surface area contributed by atoms with Gasteiger partial charge in [0.05, 0.1) is 16.7 Å². The van der Waals surface area contributed by atoms with Gasteiger partial charge in [-0.15, -0.1) is 0 Å². The third kappa shape index (κ3) is 2.62. The summed E-state index contributed by atoms with van der Waals surface area (Å²) in [5.41, 5.74) is 6.36. The summed E-state index contributed by atoms with van der Waals surface area (Å²) in [5.74, 6) is 2.28. The van der Waals surface area contributed by atoms with Crippen molar-refractivity contribution in [1.29, 1.82) is 0 Å². The molecule has 0 atom stereocenters. The highest BCUT2D eigenvalue weighted by Crippen LogP contribution is 2.37. The molecule has 2 fully saturated rings. The molecule has 1 aromatic heterocycles. The predicted molar refractivity (Wildman–Crippen MR) is 91.5 cm³/mol. The highest BCUT2D eigenvalue weighted by Gasteiger charge is 2.52. The number of hydrogen-bond donors (Lipinski definition) is 1. The molecule has 7 heteroatoms. The van der Waals surface area contributed by atoms with E-state index < -0.39 is 0 Å². The molecule has 3 rings (SSSR count). The van der Waals surface area contributed by atoms with Crippen LogP contribution in [0.4, 0.5) is 0 Å². The molecule has 2 saturated heterocycles. The van der Waals surface area contributed by atoms with Crippen LogP contribution in [0.25, 0.3) is 0 Å². The Hall–Kier alpha value is -0.495. The molecule has 3 heterocycles. The van der Waals surface area contributed by atoms with Crippen molar-refractivity contribution in [3.63, 3.8) is 0 Å².